The van der Waals surface area contributed by atoms with Crippen molar-refractivity contribution >= 4 is 5.91 Å². The summed E-state index contributed by atoms with van der Waals surface area (Å²) in [6.45, 7) is 3.37. The number of hydrogen-bond donors (Lipinski definition) is 0. The average Bonchev–Trinajstić information content (AvgIpc) is 3.42. The average molecular weight is 399 g/mol. The van der Waals surface area contributed by atoms with Crippen molar-refractivity contribution in [2.24, 2.45) is 0 Å². The van der Waals surface area contributed by atoms with Crippen molar-refractivity contribution < 1.29 is 18.4 Å². The van der Waals surface area contributed by atoms with Gasteiger partial charge in [-0.1, -0.05) is 5.16 Å². The number of nitrogens with zero attached hydrogens (tertiary/aromatic N) is 5. The van der Waals surface area contributed by atoms with Gasteiger partial charge in [-0.3, -0.25) is 9.48 Å². The molecule has 1 aliphatic rings. The number of hydrogen-bond acceptors (Lipinski definition) is 6. The van der Waals surface area contributed by atoms with E-state index in [-0.39, 0.29) is 24.4 Å². The Hall–Kier alpha value is -3.23. The Kier molecular flexibility index (Phi) is 5.55. The summed E-state index contributed by atoms with van der Waals surface area (Å²) in [5, 5.41) is 8.39. The Morgan fingerprint density at radius 3 is 2.86 bits per heavy atom. The van der Waals surface area contributed by atoms with Crippen LogP contribution in [0.4, 0.5) is 4.39 Å². The van der Waals surface area contributed by atoms with Gasteiger partial charge in [0.15, 0.2) is 12.4 Å². The number of aromatic nitrogens is 4. The molecular formula is C20H22FN5O3. The number of piperidine rings is 1. The summed E-state index contributed by atoms with van der Waals surface area (Å²) < 4.78 is 25.5. The Morgan fingerprint density at radius 2 is 2.10 bits per heavy atom. The van der Waals surface area contributed by atoms with Crippen LogP contribution in [-0.2, 0) is 13.2 Å². The van der Waals surface area contributed by atoms with Gasteiger partial charge in [0, 0.05) is 19.3 Å². The molecule has 0 N–H and O–H groups in total. The lowest BCUT2D eigenvalue weighted by Crippen LogP contribution is -2.39. The summed E-state index contributed by atoms with van der Waals surface area (Å²) in [5.74, 6) is 0.814. The second kappa shape index (κ2) is 8.42. The molecule has 8 nitrogen and oxygen atoms in total. The molecule has 0 aliphatic carbocycles. The highest BCUT2D eigenvalue weighted by Gasteiger charge is 2.33. The first-order chi connectivity index (χ1) is 14.1. The molecule has 1 unspecified atom stereocenters. The number of benzene rings is 1. The van der Waals surface area contributed by atoms with Crippen molar-refractivity contribution in [3.8, 4) is 5.75 Å². The van der Waals surface area contributed by atoms with Crippen molar-refractivity contribution in [1.82, 2.24) is 24.8 Å². The van der Waals surface area contributed by atoms with Crippen LogP contribution in [0.25, 0.3) is 0 Å². The standard InChI is InChI=1S/C20H22FN5O3/c1-2-25-12-10-16(23-25)20(27)26-11-4-3-5-17(26)19-22-18(29-24-19)13-28-15-8-6-14(21)7-9-15/h6-10,12,17H,2-5,11,13H2,1H3. The van der Waals surface area contributed by atoms with Crippen molar-refractivity contribution in [2.45, 2.75) is 45.4 Å². The molecular weight excluding hydrogens is 377 g/mol. The molecule has 4 rings (SSSR count). The molecule has 3 heterocycles. The Bertz CT molecular complexity index is 969. The van der Waals surface area contributed by atoms with Gasteiger partial charge in [0.2, 0.25) is 0 Å². The van der Waals surface area contributed by atoms with Crippen LogP contribution in [0.5, 0.6) is 5.75 Å². The predicted molar refractivity (Wildman–Crippen MR) is 101 cm³/mol. The molecule has 9 heteroatoms. The summed E-state index contributed by atoms with van der Waals surface area (Å²) in [5.41, 5.74) is 0.419. The first kappa shape index (κ1) is 19.1. The maximum Gasteiger partial charge on any atom is 0.274 e. The number of amides is 1. The van der Waals surface area contributed by atoms with Crippen LogP contribution in [-0.4, -0.2) is 37.3 Å². The lowest BCUT2D eigenvalue weighted by molar-refractivity contribution is 0.0589. The van der Waals surface area contributed by atoms with E-state index in [2.05, 4.69) is 15.2 Å². The van der Waals surface area contributed by atoms with Gasteiger partial charge in [-0.2, -0.15) is 10.1 Å². The SMILES string of the molecule is CCn1ccc(C(=O)N2CCCCC2c2noc(COc3ccc(F)cc3)n2)n1. The van der Waals surface area contributed by atoms with E-state index in [9.17, 15) is 9.18 Å². The predicted octanol–water partition coefficient (Wildman–Crippen LogP) is 3.37. The van der Waals surface area contributed by atoms with E-state index in [1.165, 1.54) is 24.3 Å². The Balaban J connectivity index is 1.45. The summed E-state index contributed by atoms with van der Waals surface area (Å²) in [6.07, 6.45) is 4.46. The molecule has 29 heavy (non-hydrogen) atoms. The van der Waals surface area contributed by atoms with E-state index in [1.807, 2.05) is 6.92 Å². The molecule has 152 valence electrons. The van der Waals surface area contributed by atoms with E-state index >= 15 is 0 Å². The van der Waals surface area contributed by atoms with Crippen LogP contribution >= 0.6 is 0 Å². The van der Waals surface area contributed by atoms with Crippen LogP contribution in [0.1, 0.15) is 54.4 Å². The van der Waals surface area contributed by atoms with E-state index in [1.54, 1.807) is 21.8 Å². The number of ether oxygens (including phenoxy) is 1. The van der Waals surface area contributed by atoms with Gasteiger partial charge >= 0.3 is 0 Å². The van der Waals surface area contributed by atoms with E-state index in [4.69, 9.17) is 9.26 Å². The summed E-state index contributed by atoms with van der Waals surface area (Å²) >= 11 is 0. The molecule has 0 spiro atoms. The van der Waals surface area contributed by atoms with Gasteiger partial charge in [-0.25, -0.2) is 4.39 Å². The van der Waals surface area contributed by atoms with E-state index < -0.39 is 0 Å². The highest BCUT2D eigenvalue weighted by atomic mass is 19.1. The van der Waals surface area contributed by atoms with Crippen LogP contribution in [0.15, 0.2) is 41.1 Å². The van der Waals surface area contributed by atoms with Crippen LogP contribution < -0.4 is 4.74 Å². The molecule has 1 saturated heterocycles. The second-order valence-corrected chi connectivity index (χ2v) is 6.86. The summed E-state index contributed by atoms with van der Waals surface area (Å²) in [7, 11) is 0. The van der Waals surface area contributed by atoms with Gasteiger partial charge in [0.25, 0.3) is 11.8 Å². The van der Waals surface area contributed by atoms with Crippen LogP contribution in [0.3, 0.4) is 0 Å². The molecule has 1 fully saturated rings. The number of likely N-dealkylation sites (tertiary alicyclic amines) is 1. The zero-order valence-corrected chi connectivity index (χ0v) is 16.1. The third-order valence-electron chi connectivity index (χ3n) is 4.91. The van der Waals surface area contributed by atoms with Crippen molar-refractivity contribution in [3.63, 3.8) is 0 Å². The van der Waals surface area contributed by atoms with Gasteiger partial charge in [-0.05, 0) is 56.5 Å². The third kappa shape index (κ3) is 4.28. The number of carbonyl (C=O) groups excluding carboxylic acids is 1. The van der Waals surface area contributed by atoms with Gasteiger partial charge in [-0.15, -0.1) is 0 Å². The second-order valence-electron chi connectivity index (χ2n) is 6.86. The van der Waals surface area contributed by atoms with Crippen molar-refractivity contribution in [1.29, 1.82) is 0 Å². The highest BCUT2D eigenvalue weighted by Crippen LogP contribution is 2.30. The van der Waals surface area contributed by atoms with E-state index in [0.29, 0.717) is 36.2 Å². The van der Waals surface area contributed by atoms with Gasteiger partial charge in [0.1, 0.15) is 17.3 Å². The fourth-order valence-corrected chi connectivity index (χ4v) is 3.38. The fraction of sp³-hybridized carbons (Fsp3) is 0.400. The highest BCUT2D eigenvalue weighted by molar-refractivity contribution is 5.92. The fourth-order valence-electron chi connectivity index (χ4n) is 3.38. The first-order valence-electron chi connectivity index (χ1n) is 9.69. The largest absolute Gasteiger partial charge is 0.484 e. The molecule has 1 amide bonds. The number of carbonyl (C=O) groups is 1. The Labute approximate surface area is 167 Å². The molecule has 1 atom stereocenters. The molecule has 0 saturated carbocycles. The summed E-state index contributed by atoms with van der Waals surface area (Å²) in [4.78, 5) is 19.1. The zero-order valence-electron chi connectivity index (χ0n) is 16.1. The third-order valence-corrected chi connectivity index (χ3v) is 4.91. The number of aryl methyl sites for hydroxylation is 1. The smallest absolute Gasteiger partial charge is 0.274 e. The van der Waals surface area contributed by atoms with Crippen molar-refractivity contribution in [2.75, 3.05) is 6.54 Å². The molecule has 0 radical (unpaired) electrons. The molecule has 3 aromatic rings. The quantitative estimate of drug-likeness (QED) is 0.632. The van der Waals surface area contributed by atoms with Crippen LogP contribution in [0.2, 0.25) is 0 Å². The summed E-state index contributed by atoms with van der Waals surface area (Å²) in [6, 6.07) is 7.18. The molecule has 1 aliphatic heterocycles. The number of rotatable bonds is 6. The Morgan fingerprint density at radius 1 is 1.28 bits per heavy atom. The monoisotopic (exact) mass is 399 g/mol. The molecule has 1 aromatic carbocycles. The van der Waals surface area contributed by atoms with Crippen LogP contribution in [0, 0.1) is 5.82 Å². The van der Waals surface area contributed by atoms with Gasteiger partial charge in [0.05, 0.1) is 6.04 Å². The maximum absolute atomic E-state index is 13.0. The first-order valence-corrected chi connectivity index (χ1v) is 9.69. The topological polar surface area (TPSA) is 86.3 Å². The van der Waals surface area contributed by atoms with Gasteiger partial charge < -0.3 is 14.2 Å². The minimum atomic E-state index is -0.330. The minimum Gasteiger partial charge on any atom is -0.484 e. The minimum absolute atomic E-state index is 0.0696. The lowest BCUT2D eigenvalue weighted by atomic mass is 10.0. The zero-order chi connectivity index (χ0) is 20.2. The normalized spacial score (nSPS) is 16.8. The number of halogens is 1. The van der Waals surface area contributed by atoms with Crippen molar-refractivity contribution in [3.05, 3.63) is 59.8 Å². The molecule has 0 bridgehead atoms. The molecule has 2 aromatic heterocycles. The lowest BCUT2D eigenvalue weighted by Gasteiger charge is -2.33. The maximum atomic E-state index is 13.0. The van der Waals surface area contributed by atoms with E-state index in [0.717, 1.165) is 19.3 Å².